The number of hydrogen-bond acceptors (Lipinski definition) is 4. The SMILES string of the molecule is C=CCn1c(SCC#Cc2ccccc2)nnc1-c1ccc(N)cc1. The van der Waals surface area contributed by atoms with Crippen LogP contribution in [0.2, 0.25) is 0 Å². The molecule has 0 aliphatic heterocycles. The molecular weight excluding hydrogens is 328 g/mol. The number of hydrogen-bond donors (Lipinski definition) is 1. The number of thioether (sulfide) groups is 1. The fourth-order valence-corrected chi connectivity index (χ4v) is 2.98. The van der Waals surface area contributed by atoms with Crippen molar-refractivity contribution in [2.45, 2.75) is 11.7 Å². The second-order valence-electron chi connectivity index (χ2n) is 5.28. The van der Waals surface area contributed by atoms with Crippen LogP contribution in [0.5, 0.6) is 0 Å². The molecule has 0 spiro atoms. The Morgan fingerprint density at radius 3 is 2.56 bits per heavy atom. The lowest BCUT2D eigenvalue weighted by Gasteiger charge is -2.07. The van der Waals surface area contributed by atoms with Crippen molar-refractivity contribution in [2.75, 3.05) is 11.5 Å². The summed E-state index contributed by atoms with van der Waals surface area (Å²) >= 11 is 1.57. The number of rotatable bonds is 5. The number of aromatic nitrogens is 3. The summed E-state index contributed by atoms with van der Waals surface area (Å²) in [5.41, 5.74) is 8.47. The molecule has 0 saturated carbocycles. The minimum Gasteiger partial charge on any atom is -0.399 e. The highest BCUT2D eigenvalue weighted by Gasteiger charge is 2.12. The highest BCUT2D eigenvalue weighted by atomic mass is 32.2. The number of nitrogens with two attached hydrogens (primary N) is 1. The Balaban J connectivity index is 1.76. The lowest BCUT2D eigenvalue weighted by atomic mass is 10.2. The first-order valence-electron chi connectivity index (χ1n) is 7.84. The summed E-state index contributed by atoms with van der Waals surface area (Å²) in [5, 5.41) is 9.46. The van der Waals surface area contributed by atoms with Gasteiger partial charge in [0.05, 0.1) is 5.75 Å². The van der Waals surface area contributed by atoms with Gasteiger partial charge in [-0.15, -0.1) is 16.8 Å². The van der Waals surface area contributed by atoms with Gasteiger partial charge in [0.2, 0.25) is 0 Å². The molecule has 5 heteroatoms. The lowest BCUT2D eigenvalue weighted by molar-refractivity contribution is 0.732. The van der Waals surface area contributed by atoms with E-state index in [1.54, 1.807) is 11.8 Å². The quantitative estimate of drug-likeness (QED) is 0.330. The third-order valence-electron chi connectivity index (χ3n) is 3.48. The second-order valence-corrected chi connectivity index (χ2v) is 6.23. The zero-order chi connectivity index (χ0) is 17.5. The standard InChI is InChI=1S/C20H18N4S/c1-2-14-24-19(17-10-12-18(21)13-11-17)22-23-20(24)25-15-6-9-16-7-4-3-5-8-16/h2-5,7-8,10-13H,1,14-15,21H2. The van der Waals surface area contributed by atoms with Crippen LogP contribution in [0, 0.1) is 11.8 Å². The second kappa shape index (κ2) is 8.22. The molecule has 2 aromatic carbocycles. The third-order valence-corrected chi connectivity index (χ3v) is 4.33. The van der Waals surface area contributed by atoms with Gasteiger partial charge in [-0.25, -0.2) is 0 Å². The Bertz CT molecular complexity index is 902. The minimum absolute atomic E-state index is 0.640. The molecule has 0 unspecified atom stereocenters. The molecule has 0 radical (unpaired) electrons. The van der Waals surface area contributed by atoms with E-state index in [4.69, 9.17) is 5.73 Å². The monoisotopic (exact) mass is 346 g/mol. The molecule has 3 rings (SSSR count). The molecule has 1 heterocycles. The number of anilines is 1. The molecular formula is C20H18N4S. The molecule has 3 aromatic rings. The summed E-state index contributed by atoms with van der Waals surface area (Å²) < 4.78 is 2.04. The van der Waals surface area contributed by atoms with Crippen LogP contribution in [0.3, 0.4) is 0 Å². The van der Waals surface area contributed by atoms with Crippen molar-refractivity contribution in [3.8, 4) is 23.2 Å². The molecule has 0 bridgehead atoms. The molecule has 0 atom stereocenters. The van der Waals surface area contributed by atoms with Gasteiger partial charge >= 0.3 is 0 Å². The predicted octanol–water partition coefficient (Wildman–Crippen LogP) is 3.86. The van der Waals surface area contributed by atoms with Gasteiger partial charge in [-0.3, -0.25) is 4.57 Å². The molecule has 124 valence electrons. The zero-order valence-corrected chi connectivity index (χ0v) is 14.5. The molecule has 4 nitrogen and oxygen atoms in total. The smallest absolute Gasteiger partial charge is 0.192 e. The van der Waals surface area contributed by atoms with Crippen LogP contribution in [-0.2, 0) is 6.54 Å². The Kier molecular flexibility index (Phi) is 5.55. The Labute approximate surface area is 151 Å². The summed E-state index contributed by atoms with van der Waals surface area (Å²) in [6.07, 6.45) is 1.84. The highest BCUT2D eigenvalue weighted by molar-refractivity contribution is 7.99. The van der Waals surface area contributed by atoms with Crippen LogP contribution in [0.25, 0.3) is 11.4 Å². The Morgan fingerprint density at radius 1 is 1.08 bits per heavy atom. The van der Waals surface area contributed by atoms with E-state index in [0.717, 1.165) is 27.8 Å². The summed E-state index contributed by atoms with van der Waals surface area (Å²) in [6, 6.07) is 17.6. The molecule has 0 fully saturated rings. The van der Waals surface area contributed by atoms with Crippen molar-refractivity contribution in [1.29, 1.82) is 0 Å². The number of allylic oxidation sites excluding steroid dienone is 1. The minimum atomic E-state index is 0.640. The molecule has 0 saturated heterocycles. The van der Waals surface area contributed by atoms with Crippen LogP contribution in [0.4, 0.5) is 5.69 Å². The first-order valence-corrected chi connectivity index (χ1v) is 8.83. The van der Waals surface area contributed by atoms with Gasteiger partial charge in [-0.1, -0.05) is 47.9 Å². The molecule has 25 heavy (non-hydrogen) atoms. The van der Waals surface area contributed by atoms with Gasteiger partial charge < -0.3 is 5.73 Å². The fraction of sp³-hybridized carbons (Fsp3) is 0.100. The van der Waals surface area contributed by atoms with E-state index in [0.29, 0.717) is 12.3 Å². The molecule has 1 aromatic heterocycles. The van der Waals surface area contributed by atoms with Crippen LogP contribution >= 0.6 is 11.8 Å². The Morgan fingerprint density at radius 2 is 1.84 bits per heavy atom. The van der Waals surface area contributed by atoms with Gasteiger partial charge in [-0.2, -0.15) is 0 Å². The van der Waals surface area contributed by atoms with Gasteiger partial charge in [-0.05, 0) is 36.4 Å². The zero-order valence-electron chi connectivity index (χ0n) is 13.7. The van der Waals surface area contributed by atoms with Gasteiger partial charge in [0.1, 0.15) is 0 Å². The van der Waals surface area contributed by atoms with Crippen LogP contribution in [-0.4, -0.2) is 20.5 Å². The summed E-state index contributed by atoms with van der Waals surface area (Å²) in [6.45, 7) is 4.47. The first kappa shape index (κ1) is 16.9. The largest absolute Gasteiger partial charge is 0.399 e. The Hall–Kier alpha value is -2.97. The summed E-state index contributed by atoms with van der Waals surface area (Å²) in [7, 11) is 0. The van der Waals surface area contributed by atoms with E-state index in [2.05, 4.69) is 28.6 Å². The topological polar surface area (TPSA) is 56.7 Å². The third kappa shape index (κ3) is 4.31. The van der Waals surface area contributed by atoms with E-state index in [1.807, 2.05) is 65.2 Å². The average molecular weight is 346 g/mol. The van der Waals surface area contributed by atoms with Crippen molar-refractivity contribution in [2.24, 2.45) is 0 Å². The van der Waals surface area contributed by atoms with Gasteiger partial charge in [0.15, 0.2) is 11.0 Å². The van der Waals surface area contributed by atoms with Crippen LogP contribution in [0.1, 0.15) is 5.56 Å². The van der Waals surface area contributed by atoms with E-state index < -0.39 is 0 Å². The van der Waals surface area contributed by atoms with Crippen molar-refractivity contribution in [3.05, 3.63) is 72.8 Å². The maximum atomic E-state index is 5.76. The van der Waals surface area contributed by atoms with Gasteiger partial charge in [0, 0.05) is 23.4 Å². The number of nitrogens with zero attached hydrogens (tertiary/aromatic N) is 3. The molecule has 0 aliphatic rings. The number of benzene rings is 2. The van der Waals surface area contributed by atoms with Crippen molar-refractivity contribution in [3.63, 3.8) is 0 Å². The van der Waals surface area contributed by atoms with Crippen molar-refractivity contribution >= 4 is 17.4 Å². The molecule has 0 aliphatic carbocycles. The number of nitrogen functional groups attached to an aromatic ring is 1. The lowest BCUT2D eigenvalue weighted by Crippen LogP contribution is -2.00. The summed E-state index contributed by atoms with van der Waals surface area (Å²) in [4.78, 5) is 0. The first-order chi connectivity index (χ1) is 12.3. The van der Waals surface area contributed by atoms with E-state index >= 15 is 0 Å². The van der Waals surface area contributed by atoms with E-state index in [-0.39, 0.29) is 0 Å². The fourth-order valence-electron chi connectivity index (χ4n) is 2.30. The summed E-state index contributed by atoms with van der Waals surface area (Å²) in [5.74, 6) is 7.76. The van der Waals surface area contributed by atoms with Crippen molar-refractivity contribution < 1.29 is 0 Å². The predicted molar refractivity (Wildman–Crippen MR) is 104 cm³/mol. The highest BCUT2D eigenvalue weighted by Crippen LogP contribution is 2.24. The van der Waals surface area contributed by atoms with E-state index in [1.165, 1.54) is 0 Å². The van der Waals surface area contributed by atoms with E-state index in [9.17, 15) is 0 Å². The van der Waals surface area contributed by atoms with Crippen LogP contribution in [0.15, 0.2) is 72.4 Å². The van der Waals surface area contributed by atoms with Crippen LogP contribution < -0.4 is 5.73 Å². The maximum Gasteiger partial charge on any atom is 0.192 e. The maximum absolute atomic E-state index is 5.76. The normalized spacial score (nSPS) is 10.1. The average Bonchev–Trinajstić information content (AvgIpc) is 3.03. The van der Waals surface area contributed by atoms with Gasteiger partial charge in [0.25, 0.3) is 0 Å². The van der Waals surface area contributed by atoms with Crippen molar-refractivity contribution in [1.82, 2.24) is 14.8 Å². The molecule has 2 N–H and O–H groups in total. The molecule has 0 amide bonds.